The molecule has 2 aromatic rings. The molecule has 2 N–H and O–H groups in total. The summed E-state index contributed by atoms with van der Waals surface area (Å²) in [5.41, 5.74) is 1.49. The fraction of sp³-hybridized carbons (Fsp3) is 0.364. The highest BCUT2D eigenvalue weighted by Crippen LogP contribution is 2.16. The zero-order valence-corrected chi connectivity index (χ0v) is 16.9. The molecule has 0 spiro atoms. The number of methoxy groups -OCH3 is 1. The molecule has 0 aliphatic carbocycles. The molecule has 0 aliphatic rings. The minimum absolute atomic E-state index is 0.193. The summed E-state index contributed by atoms with van der Waals surface area (Å²) < 4.78 is 15.8. The highest BCUT2D eigenvalue weighted by atomic mass is 16.5. The van der Waals surface area contributed by atoms with E-state index in [-0.39, 0.29) is 11.8 Å². The third-order valence-corrected chi connectivity index (χ3v) is 3.99. The Balaban J connectivity index is 1.94. The first-order valence-electron chi connectivity index (χ1n) is 9.63. The van der Waals surface area contributed by atoms with E-state index in [2.05, 4.69) is 10.6 Å². The van der Waals surface area contributed by atoms with E-state index in [1.165, 1.54) is 0 Å². The Morgan fingerprint density at radius 1 is 0.931 bits per heavy atom. The molecule has 0 radical (unpaired) electrons. The van der Waals surface area contributed by atoms with Crippen LogP contribution in [0.25, 0.3) is 0 Å². The van der Waals surface area contributed by atoms with Gasteiger partial charge in [-0.1, -0.05) is 12.1 Å². The van der Waals surface area contributed by atoms with Crippen molar-refractivity contribution in [3.05, 3.63) is 59.7 Å². The number of carbonyl (C=O) groups excluding carboxylic acids is 2. The van der Waals surface area contributed by atoms with Crippen LogP contribution in [0, 0.1) is 0 Å². The predicted octanol–water partition coefficient (Wildman–Crippen LogP) is 3.12. The number of benzene rings is 2. The number of carbonyl (C=O) groups is 2. The Bertz CT molecular complexity index is 794. The number of amides is 2. The molecule has 2 amide bonds. The Morgan fingerprint density at radius 3 is 2.45 bits per heavy atom. The number of ether oxygens (including phenoxy) is 3. The van der Waals surface area contributed by atoms with Gasteiger partial charge in [0.05, 0.1) is 6.61 Å². The first kappa shape index (κ1) is 22.4. The number of hydrogen-bond donors (Lipinski definition) is 2. The molecule has 0 atom stereocenters. The second-order valence-electron chi connectivity index (χ2n) is 6.21. The average molecular weight is 400 g/mol. The van der Waals surface area contributed by atoms with E-state index >= 15 is 0 Å². The lowest BCUT2D eigenvalue weighted by Gasteiger charge is -2.10. The first-order valence-corrected chi connectivity index (χ1v) is 9.63. The quantitative estimate of drug-likeness (QED) is 0.535. The molecule has 2 rings (SSSR count). The monoisotopic (exact) mass is 400 g/mol. The summed E-state index contributed by atoms with van der Waals surface area (Å²) in [6, 6.07) is 13.7. The first-order chi connectivity index (χ1) is 14.1. The van der Waals surface area contributed by atoms with Crippen molar-refractivity contribution in [2.75, 3.05) is 45.4 Å². The minimum atomic E-state index is -0.280. The van der Waals surface area contributed by atoms with Crippen molar-refractivity contribution < 1.29 is 23.8 Å². The van der Waals surface area contributed by atoms with Gasteiger partial charge in [0, 0.05) is 43.7 Å². The van der Waals surface area contributed by atoms with Crippen LogP contribution in [0.5, 0.6) is 5.75 Å². The maximum atomic E-state index is 12.6. The van der Waals surface area contributed by atoms with Gasteiger partial charge >= 0.3 is 0 Å². The fourth-order valence-corrected chi connectivity index (χ4v) is 2.55. The summed E-state index contributed by atoms with van der Waals surface area (Å²) >= 11 is 0. The summed E-state index contributed by atoms with van der Waals surface area (Å²) in [4.78, 5) is 24.8. The maximum absolute atomic E-state index is 12.6. The number of hydrogen-bond acceptors (Lipinski definition) is 5. The van der Waals surface area contributed by atoms with Gasteiger partial charge in [-0.2, -0.15) is 0 Å². The van der Waals surface area contributed by atoms with Gasteiger partial charge in [0.25, 0.3) is 11.8 Å². The third kappa shape index (κ3) is 7.93. The molecule has 0 heterocycles. The normalized spacial score (nSPS) is 10.4. The van der Waals surface area contributed by atoms with Crippen LogP contribution in [0.4, 0.5) is 5.69 Å². The van der Waals surface area contributed by atoms with Crippen LogP contribution in [-0.4, -0.2) is 51.9 Å². The van der Waals surface area contributed by atoms with E-state index in [4.69, 9.17) is 14.2 Å². The topological polar surface area (TPSA) is 85.9 Å². The molecule has 7 heteroatoms. The van der Waals surface area contributed by atoms with Crippen molar-refractivity contribution in [1.82, 2.24) is 5.32 Å². The highest BCUT2D eigenvalue weighted by Gasteiger charge is 2.10. The molecule has 0 saturated heterocycles. The molecule has 2 aromatic carbocycles. The second kappa shape index (κ2) is 12.5. The Kier molecular flexibility index (Phi) is 9.68. The van der Waals surface area contributed by atoms with Crippen molar-refractivity contribution in [2.24, 2.45) is 0 Å². The van der Waals surface area contributed by atoms with Gasteiger partial charge in [-0.25, -0.2) is 0 Å². The SMILES string of the molecule is CCOCCOc1cccc(C(=O)Nc2cccc(C(=O)NCCCOC)c2)c1. The van der Waals surface area contributed by atoms with Crippen LogP contribution in [0.3, 0.4) is 0 Å². The molecule has 0 aromatic heterocycles. The molecule has 7 nitrogen and oxygen atoms in total. The van der Waals surface area contributed by atoms with Gasteiger partial charge in [0.1, 0.15) is 12.4 Å². The van der Waals surface area contributed by atoms with Crippen LogP contribution in [0.2, 0.25) is 0 Å². The molecular formula is C22H28N2O5. The lowest BCUT2D eigenvalue weighted by Crippen LogP contribution is -2.25. The number of rotatable bonds is 12. The maximum Gasteiger partial charge on any atom is 0.255 e. The van der Waals surface area contributed by atoms with Crippen molar-refractivity contribution in [1.29, 1.82) is 0 Å². The summed E-state index contributed by atoms with van der Waals surface area (Å²) in [6.07, 6.45) is 0.738. The largest absolute Gasteiger partial charge is 0.491 e. The van der Waals surface area contributed by atoms with Gasteiger partial charge in [0.15, 0.2) is 0 Å². The van der Waals surface area contributed by atoms with Crippen LogP contribution >= 0.6 is 0 Å². The van der Waals surface area contributed by atoms with Crippen LogP contribution < -0.4 is 15.4 Å². The lowest BCUT2D eigenvalue weighted by atomic mass is 10.1. The van der Waals surface area contributed by atoms with E-state index in [0.717, 1.165) is 6.42 Å². The molecule has 0 aliphatic heterocycles. The van der Waals surface area contributed by atoms with Gasteiger partial charge in [-0.15, -0.1) is 0 Å². The summed E-state index contributed by atoms with van der Waals surface area (Å²) in [5, 5.41) is 5.64. The van der Waals surface area contributed by atoms with Gasteiger partial charge in [-0.3, -0.25) is 9.59 Å². The summed E-state index contributed by atoms with van der Waals surface area (Å²) in [5.74, 6) is 0.126. The zero-order valence-electron chi connectivity index (χ0n) is 16.9. The minimum Gasteiger partial charge on any atom is -0.491 e. The second-order valence-corrected chi connectivity index (χ2v) is 6.21. The van der Waals surface area contributed by atoms with Crippen LogP contribution in [0.15, 0.2) is 48.5 Å². The van der Waals surface area contributed by atoms with Crippen molar-refractivity contribution in [3.8, 4) is 5.75 Å². The van der Waals surface area contributed by atoms with E-state index in [0.29, 0.717) is 55.5 Å². The average Bonchev–Trinajstić information content (AvgIpc) is 2.74. The van der Waals surface area contributed by atoms with Gasteiger partial charge in [-0.05, 0) is 49.7 Å². The lowest BCUT2D eigenvalue weighted by molar-refractivity contribution is 0.0947. The van der Waals surface area contributed by atoms with Crippen molar-refractivity contribution in [2.45, 2.75) is 13.3 Å². The summed E-state index contributed by atoms with van der Waals surface area (Å²) in [7, 11) is 1.62. The Morgan fingerprint density at radius 2 is 1.69 bits per heavy atom. The van der Waals surface area contributed by atoms with Crippen molar-refractivity contribution >= 4 is 17.5 Å². The van der Waals surface area contributed by atoms with Crippen molar-refractivity contribution in [3.63, 3.8) is 0 Å². The molecule has 0 bridgehead atoms. The smallest absolute Gasteiger partial charge is 0.255 e. The molecule has 0 saturated carbocycles. The molecule has 29 heavy (non-hydrogen) atoms. The third-order valence-electron chi connectivity index (χ3n) is 3.99. The standard InChI is InChI=1S/C22H28N2O5/c1-3-28-13-14-29-20-10-5-8-18(16-20)22(26)24-19-9-4-7-17(15-19)21(25)23-11-6-12-27-2/h4-5,7-10,15-16H,3,6,11-14H2,1-2H3,(H,23,25)(H,24,26). The number of nitrogens with one attached hydrogen (secondary N) is 2. The fourth-order valence-electron chi connectivity index (χ4n) is 2.55. The highest BCUT2D eigenvalue weighted by molar-refractivity contribution is 6.05. The van der Waals surface area contributed by atoms with Gasteiger partial charge in [0.2, 0.25) is 0 Å². The van der Waals surface area contributed by atoms with Crippen LogP contribution in [-0.2, 0) is 9.47 Å². The van der Waals surface area contributed by atoms with E-state index < -0.39 is 0 Å². The van der Waals surface area contributed by atoms with E-state index in [1.54, 1.807) is 55.6 Å². The van der Waals surface area contributed by atoms with E-state index in [1.807, 2.05) is 6.92 Å². The molecule has 156 valence electrons. The molecule has 0 unspecified atom stereocenters. The van der Waals surface area contributed by atoms with E-state index in [9.17, 15) is 9.59 Å². The number of anilines is 1. The molecule has 0 fully saturated rings. The molecular weight excluding hydrogens is 372 g/mol. The Labute approximate surface area is 171 Å². The Hall–Kier alpha value is -2.90. The van der Waals surface area contributed by atoms with Gasteiger partial charge < -0.3 is 24.8 Å². The zero-order chi connectivity index (χ0) is 20.9. The predicted molar refractivity (Wildman–Crippen MR) is 112 cm³/mol. The summed E-state index contributed by atoms with van der Waals surface area (Å²) in [6.45, 7) is 4.58. The van der Waals surface area contributed by atoms with Crippen LogP contribution in [0.1, 0.15) is 34.1 Å².